The van der Waals surface area contributed by atoms with Gasteiger partial charge in [0.25, 0.3) is 0 Å². The average molecular weight is 446 g/mol. The first-order valence-electron chi connectivity index (χ1n) is 10.6. The molecule has 0 bridgehead atoms. The van der Waals surface area contributed by atoms with Crippen LogP contribution in [0.1, 0.15) is 42.6 Å². The summed E-state index contributed by atoms with van der Waals surface area (Å²) in [5.41, 5.74) is 7.51. The van der Waals surface area contributed by atoms with E-state index in [4.69, 9.17) is 5.73 Å². The van der Waals surface area contributed by atoms with Gasteiger partial charge in [-0.1, -0.05) is 6.07 Å². The molecule has 3 aromatic rings. The van der Waals surface area contributed by atoms with Crippen molar-refractivity contribution in [2.24, 2.45) is 5.73 Å². The lowest BCUT2D eigenvalue weighted by Crippen LogP contribution is -2.32. The number of benzene rings is 2. The number of aryl methyl sites for hydroxylation is 1. The standard InChI is InChI=1S/C23H22F4N4O/c24-14-9-15(25)21-18(10-14)31(22(32)23(21)5-6-23)12-20-29-16-8-13(11-28)3-4-17(16)30(20)7-1-2-19(26)27/h3-4,8-10,19H,1-2,5-7,11-12,28H2. The predicted octanol–water partition coefficient (Wildman–Crippen LogP) is 4.40. The molecule has 0 radical (unpaired) electrons. The van der Waals surface area contributed by atoms with Gasteiger partial charge in [-0.05, 0) is 43.0 Å². The highest BCUT2D eigenvalue weighted by Crippen LogP contribution is 2.58. The quantitative estimate of drug-likeness (QED) is 0.548. The number of aromatic nitrogens is 2. The summed E-state index contributed by atoms with van der Waals surface area (Å²) < 4.78 is 55.9. The van der Waals surface area contributed by atoms with Crippen LogP contribution < -0.4 is 10.6 Å². The lowest BCUT2D eigenvalue weighted by atomic mass is 9.97. The molecule has 168 valence electrons. The van der Waals surface area contributed by atoms with E-state index in [2.05, 4.69) is 4.98 Å². The number of nitrogens with zero attached hydrogens (tertiary/aromatic N) is 3. The first-order valence-corrected chi connectivity index (χ1v) is 10.6. The van der Waals surface area contributed by atoms with Gasteiger partial charge in [0.15, 0.2) is 0 Å². The monoisotopic (exact) mass is 446 g/mol. The number of alkyl halides is 2. The maximum absolute atomic E-state index is 14.6. The van der Waals surface area contributed by atoms with Crippen LogP contribution in [0.4, 0.5) is 23.2 Å². The summed E-state index contributed by atoms with van der Waals surface area (Å²) in [6, 6.07) is 7.49. The molecule has 2 N–H and O–H groups in total. The molecule has 2 heterocycles. The first-order chi connectivity index (χ1) is 15.3. The molecule has 1 amide bonds. The summed E-state index contributed by atoms with van der Waals surface area (Å²) in [6.07, 6.45) is -1.41. The number of imidazole rings is 1. The molecule has 0 atom stereocenters. The highest BCUT2D eigenvalue weighted by Gasteiger charge is 2.60. The van der Waals surface area contributed by atoms with E-state index < -0.39 is 23.5 Å². The zero-order valence-corrected chi connectivity index (χ0v) is 17.3. The van der Waals surface area contributed by atoms with Gasteiger partial charge in [-0.15, -0.1) is 0 Å². The maximum atomic E-state index is 14.6. The Balaban J connectivity index is 1.56. The van der Waals surface area contributed by atoms with Crippen molar-refractivity contribution in [3.8, 4) is 0 Å². The van der Waals surface area contributed by atoms with Gasteiger partial charge < -0.3 is 15.2 Å². The summed E-state index contributed by atoms with van der Waals surface area (Å²) in [5, 5.41) is 0. The number of anilines is 1. The second kappa shape index (κ2) is 7.58. The fraction of sp³-hybridized carbons (Fsp3) is 0.391. The number of rotatable bonds is 7. The van der Waals surface area contributed by atoms with Gasteiger partial charge in [0.2, 0.25) is 12.3 Å². The third-order valence-corrected chi connectivity index (χ3v) is 6.44. The van der Waals surface area contributed by atoms with Gasteiger partial charge in [0, 0.05) is 31.1 Å². The highest BCUT2D eigenvalue weighted by molar-refractivity contribution is 6.10. The second-order valence-electron chi connectivity index (χ2n) is 8.50. The molecule has 1 aliphatic carbocycles. The van der Waals surface area contributed by atoms with Crippen LogP contribution >= 0.6 is 0 Å². The number of amides is 1. The molecule has 5 rings (SSSR count). The van der Waals surface area contributed by atoms with Gasteiger partial charge in [-0.25, -0.2) is 22.5 Å². The molecule has 2 aliphatic rings. The van der Waals surface area contributed by atoms with Crippen LogP contribution in [-0.2, 0) is 29.8 Å². The fourth-order valence-corrected chi connectivity index (χ4v) is 4.73. The molecule has 1 spiro atoms. The molecule has 1 saturated carbocycles. The molecule has 5 nitrogen and oxygen atoms in total. The van der Waals surface area contributed by atoms with E-state index in [0.717, 1.165) is 17.1 Å². The van der Waals surface area contributed by atoms with Crippen molar-refractivity contribution < 1.29 is 22.4 Å². The van der Waals surface area contributed by atoms with Gasteiger partial charge in [-0.3, -0.25) is 4.79 Å². The molecular formula is C23H22F4N4O. The van der Waals surface area contributed by atoms with Crippen LogP contribution in [0.25, 0.3) is 11.0 Å². The minimum Gasteiger partial charge on any atom is -0.326 e. The average Bonchev–Trinajstić information content (AvgIpc) is 3.42. The molecule has 1 aliphatic heterocycles. The first kappa shape index (κ1) is 20.9. The summed E-state index contributed by atoms with van der Waals surface area (Å²) >= 11 is 0. The van der Waals surface area contributed by atoms with E-state index in [1.807, 2.05) is 18.2 Å². The zero-order chi connectivity index (χ0) is 22.6. The smallest absolute Gasteiger partial charge is 0.238 e. The normalized spacial score (nSPS) is 16.6. The summed E-state index contributed by atoms with van der Waals surface area (Å²) in [5.74, 6) is -1.27. The number of hydrogen-bond donors (Lipinski definition) is 1. The number of halogens is 4. The molecule has 9 heteroatoms. The zero-order valence-electron chi connectivity index (χ0n) is 17.3. The van der Waals surface area contributed by atoms with E-state index in [-0.39, 0.29) is 43.1 Å². The van der Waals surface area contributed by atoms with Crippen molar-refractivity contribution in [2.75, 3.05) is 4.90 Å². The van der Waals surface area contributed by atoms with Gasteiger partial charge in [-0.2, -0.15) is 0 Å². The number of carbonyl (C=O) groups is 1. The van der Waals surface area contributed by atoms with Crippen LogP contribution in [0.15, 0.2) is 30.3 Å². The van der Waals surface area contributed by atoms with Crippen LogP contribution in [0, 0.1) is 11.6 Å². The SMILES string of the molecule is NCc1ccc2c(c1)nc(CN1C(=O)C3(CC3)c3c(F)cc(F)cc31)n2CCCC(F)F. The van der Waals surface area contributed by atoms with Crippen molar-refractivity contribution in [2.45, 2.75) is 57.2 Å². The van der Waals surface area contributed by atoms with Crippen molar-refractivity contribution in [1.82, 2.24) is 9.55 Å². The van der Waals surface area contributed by atoms with E-state index in [0.29, 0.717) is 30.7 Å². The topological polar surface area (TPSA) is 64.2 Å². The Morgan fingerprint density at radius 2 is 1.94 bits per heavy atom. The third kappa shape index (κ3) is 3.26. The summed E-state index contributed by atoms with van der Waals surface area (Å²) in [7, 11) is 0. The molecule has 1 fully saturated rings. The van der Waals surface area contributed by atoms with Crippen LogP contribution in [0.3, 0.4) is 0 Å². The second-order valence-corrected chi connectivity index (χ2v) is 8.50. The van der Waals surface area contributed by atoms with E-state index in [1.165, 1.54) is 11.0 Å². The van der Waals surface area contributed by atoms with Crippen LogP contribution in [0.5, 0.6) is 0 Å². The predicted molar refractivity (Wildman–Crippen MR) is 111 cm³/mol. The van der Waals surface area contributed by atoms with E-state index in [9.17, 15) is 22.4 Å². The molecular weight excluding hydrogens is 424 g/mol. The Hall–Kier alpha value is -2.94. The minimum atomic E-state index is -2.41. The van der Waals surface area contributed by atoms with Crippen molar-refractivity contribution in [3.63, 3.8) is 0 Å². The summed E-state index contributed by atoms with van der Waals surface area (Å²) in [4.78, 5) is 19.2. The van der Waals surface area contributed by atoms with E-state index >= 15 is 0 Å². The molecule has 32 heavy (non-hydrogen) atoms. The van der Waals surface area contributed by atoms with Crippen molar-refractivity contribution >= 4 is 22.6 Å². The van der Waals surface area contributed by atoms with Gasteiger partial charge >= 0.3 is 0 Å². The van der Waals surface area contributed by atoms with Crippen molar-refractivity contribution in [1.29, 1.82) is 0 Å². The minimum absolute atomic E-state index is 0.00219. The lowest BCUT2D eigenvalue weighted by Gasteiger charge is -2.19. The molecule has 0 unspecified atom stereocenters. The number of nitrogens with two attached hydrogens (primary N) is 1. The lowest BCUT2D eigenvalue weighted by molar-refractivity contribution is -0.120. The summed E-state index contributed by atoms with van der Waals surface area (Å²) in [6.45, 7) is 0.607. The third-order valence-electron chi connectivity index (χ3n) is 6.44. The Morgan fingerprint density at radius 1 is 1.16 bits per heavy atom. The molecule has 1 aromatic heterocycles. The Labute approximate surface area is 181 Å². The number of hydrogen-bond acceptors (Lipinski definition) is 3. The molecule has 0 saturated heterocycles. The Bertz CT molecular complexity index is 1220. The van der Waals surface area contributed by atoms with Crippen LogP contribution in [-0.4, -0.2) is 21.9 Å². The fourth-order valence-electron chi connectivity index (χ4n) is 4.73. The largest absolute Gasteiger partial charge is 0.326 e. The maximum Gasteiger partial charge on any atom is 0.238 e. The number of carbonyl (C=O) groups excluding carboxylic acids is 1. The Morgan fingerprint density at radius 3 is 2.62 bits per heavy atom. The van der Waals surface area contributed by atoms with E-state index in [1.54, 1.807) is 4.57 Å². The van der Waals surface area contributed by atoms with Crippen molar-refractivity contribution in [3.05, 3.63) is 58.9 Å². The van der Waals surface area contributed by atoms with Gasteiger partial charge in [0.05, 0.1) is 28.7 Å². The highest BCUT2D eigenvalue weighted by atomic mass is 19.3. The van der Waals surface area contributed by atoms with Gasteiger partial charge in [0.1, 0.15) is 17.5 Å². The molecule has 2 aromatic carbocycles. The number of fused-ring (bicyclic) bond motifs is 3. The Kier molecular flexibility index (Phi) is 4.96. The van der Waals surface area contributed by atoms with Crippen LogP contribution in [0.2, 0.25) is 0 Å².